The molecular formula is C18H19N5O3. The smallest absolute Gasteiger partial charge is 0.404 e. The van der Waals surface area contributed by atoms with Gasteiger partial charge in [-0.2, -0.15) is 15.6 Å². The van der Waals surface area contributed by atoms with Gasteiger partial charge in [0.25, 0.3) is 0 Å². The Morgan fingerprint density at radius 3 is 2.38 bits per heavy atom. The van der Waals surface area contributed by atoms with Gasteiger partial charge in [0.2, 0.25) is 0 Å². The second-order valence-electron chi connectivity index (χ2n) is 5.46. The van der Waals surface area contributed by atoms with Crippen molar-refractivity contribution in [2.45, 2.75) is 33.2 Å². The van der Waals surface area contributed by atoms with Crippen molar-refractivity contribution in [2.75, 3.05) is 6.54 Å². The van der Waals surface area contributed by atoms with Crippen LogP contribution in [0.15, 0.2) is 18.2 Å². The molecule has 134 valence electrons. The number of hydrogen-bond acceptors (Lipinski definition) is 5. The molecule has 0 saturated carbocycles. The highest BCUT2D eigenvalue weighted by molar-refractivity contribution is 5.64. The van der Waals surface area contributed by atoms with E-state index in [0.717, 1.165) is 11.4 Å². The number of rotatable bonds is 7. The third-order valence-electron chi connectivity index (χ3n) is 3.73. The number of aromatic nitrogens is 2. The first-order valence-electron chi connectivity index (χ1n) is 8.20. The minimum atomic E-state index is -1.08. The number of hydrogen-bond donors (Lipinski definition) is 2. The van der Waals surface area contributed by atoms with E-state index in [9.17, 15) is 4.79 Å². The quantitative estimate of drug-likeness (QED) is 0.788. The Balaban J connectivity index is 2.37. The molecule has 0 bridgehead atoms. The lowest BCUT2D eigenvalue weighted by Gasteiger charge is -2.10. The van der Waals surface area contributed by atoms with E-state index in [0.29, 0.717) is 42.0 Å². The molecular weight excluding hydrogens is 334 g/mol. The molecule has 0 atom stereocenters. The van der Waals surface area contributed by atoms with E-state index >= 15 is 0 Å². The summed E-state index contributed by atoms with van der Waals surface area (Å²) < 4.78 is 7.72. The Morgan fingerprint density at radius 1 is 1.23 bits per heavy atom. The molecule has 0 radical (unpaired) electrons. The molecule has 26 heavy (non-hydrogen) atoms. The third kappa shape index (κ3) is 4.31. The van der Waals surface area contributed by atoms with Crippen LogP contribution in [0, 0.1) is 22.7 Å². The summed E-state index contributed by atoms with van der Waals surface area (Å²) in [4.78, 5) is 10.6. The van der Waals surface area contributed by atoms with Crippen LogP contribution < -0.4 is 10.1 Å². The first-order valence-corrected chi connectivity index (χ1v) is 8.20. The van der Waals surface area contributed by atoms with Crippen LogP contribution in [-0.4, -0.2) is 27.5 Å². The van der Waals surface area contributed by atoms with Gasteiger partial charge in [-0.05, 0) is 31.0 Å². The number of carbonyl (C=O) groups is 1. The molecule has 0 aliphatic carbocycles. The molecule has 0 aliphatic rings. The van der Waals surface area contributed by atoms with Crippen molar-refractivity contribution in [3.63, 3.8) is 0 Å². The van der Waals surface area contributed by atoms with E-state index in [-0.39, 0.29) is 6.54 Å². The highest BCUT2D eigenvalue weighted by Crippen LogP contribution is 2.31. The maximum atomic E-state index is 10.6. The fourth-order valence-corrected chi connectivity index (χ4v) is 2.59. The first kappa shape index (κ1) is 18.8. The van der Waals surface area contributed by atoms with Gasteiger partial charge in [-0.25, -0.2) is 4.79 Å². The van der Waals surface area contributed by atoms with Crippen molar-refractivity contribution in [1.82, 2.24) is 15.1 Å². The second-order valence-corrected chi connectivity index (χ2v) is 5.46. The number of nitriles is 2. The molecule has 8 heteroatoms. The van der Waals surface area contributed by atoms with Crippen LogP contribution >= 0.6 is 0 Å². The summed E-state index contributed by atoms with van der Waals surface area (Å²) in [6.07, 6.45) is 0.183. The van der Waals surface area contributed by atoms with Gasteiger partial charge >= 0.3 is 6.09 Å². The van der Waals surface area contributed by atoms with Crippen LogP contribution in [0.3, 0.4) is 0 Å². The normalized spacial score (nSPS) is 10.0. The van der Waals surface area contributed by atoms with Crippen LogP contribution in [0.2, 0.25) is 0 Å². The molecule has 0 fully saturated rings. The Labute approximate surface area is 151 Å². The van der Waals surface area contributed by atoms with Gasteiger partial charge in [-0.15, -0.1) is 0 Å². The minimum Gasteiger partial charge on any atom is -0.465 e. The largest absolute Gasteiger partial charge is 0.465 e. The Kier molecular flexibility index (Phi) is 6.18. The molecule has 1 amide bonds. The molecule has 0 spiro atoms. The number of carboxylic acid groups (broad SMARTS) is 1. The van der Waals surface area contributed by atoms with Crippen LogP contribution in [0.4, 0.5) is 4.79 Å². The second kappa shape index (κ2) is 8.54. The molecule has 2 rings (SSSR count). The van der Waals surface area contributed by atoms with Gasteiger partial charge in [0, 0.05) is 6.54 Å². The number of aryl methyl sites for hydroxylation is 1. The highest BCUT2D eigenvalue weighted by Gasteiger charge is 2.18. The molecule has 2 aromatic rings. The van der Waals surface area contributed by atoms with Crippen LogP contribution in [0.25, 0.3) is 0 Å². The van der Waals surface area contributed by atoms with Gasteiger partial charge in [0.1, 0.15) is 11.4 Å². The Morgan fingerprint density at radius 2 is 1.88 bits per heavy atom. The lowest BCUT2D eigenvalue weighted by Crippen LogP contribution is -2.26. The van der Waals surface area contributed by atoms with E-state index in [1.807, 2.05) is 26.0 Å². The van der Waals surface area contributed by atoms with E-state index in [1.54, 1.807) is 16.8 Å². The molecule has 2 N–H and O–H groups in total. The summed E-state index contributed by atoms with van der Waals surface area (Å²) in [6.45, 7) is 4.51. The van der Waals surface area contributed by atoms with Crippen molar-refractivity contribution < 1.29 is 14.6 Å². The predicted octanol–water partition coefficient (Wildman–Crippen LogP) is 2.81. The fraction of sp³-hybridized carbons (Fsp3) is 0.333. The van der Waals surface area contributed by atoms with Gasteiger partial charge < -0.3 is 15.2 Å². The standard InChI is InChI=1S/C18H19N5O3/c1-3-15-17(16(4-2)23(22-15)6-5-21-18(24)25)26-14-8-12(10-19)7-13(9-14)11-20/h7-9,21H,3-6H2,1-2H3,(H,24,25). The average Bonchev–Trinajstić information content (AvgIpc) is 2.97. The van der Waals surface area contributed by atoms with Crippen LogP contribution in [0.5, 0.6) is 11.5 Å². The molecule has 8 nitrogen and oxygen atoms in total. The lowest BCUT2D eigenvalue weighted by atomic mass is 10.1. The Bertz CT molecular complexity index is 857. The molecule has 0 aliphatic heterocycles. The molecule has 1 heterocycles. The van der Waals surface area contributed by atoms with Crippen molar-refractivity contribution in [3.05, 3.63) is 40.7 Å². The van der Waals surface area contributed by atoms with E-state index in [1.165, 1.54) is 6.07 Å². The predicted molar refractivity (Wildman–Crippen MR) is 93.0 cm³/mol. The third-order valence-corrected chi connectivity index (χ3v) is 3.73. The average molecular weight is 353 g/mol. The van der Waals surface area contributed by atoms with Gasteiger partial charge in [0.15, 0.2) is 5.75 Å². The number of ether oxygens (including phenoxy) is 1. The van der Waals surface area contributed by atoms with Crippen molar-refractivity contribution in [3.8, 4) is 23.6 Å². The summed E-state index contributed by atoms with van der Waals surface area (Å²) in [6, 6.07) is 8.67. The van der Waals surface area contributed by atoms with Crippen molar-refractivity contribution in [2.24, 2.45) is 0 Å². The number of nitrogens with one attached hydrogen (secondary N) is 1. The van der Waals surface area contributed by atoms with E-state index in [2.05, 4.69) is 10.4 Å². The summed E-state index contributed by atoms with van der Waals surface area (Å²) in [5.41, 5.74) is 2.24. The summed E-state index contributed by atoms with van der Waals surface area (Å²) in [5.74, 6) is 0.984. The van der Waals surface area contributed by atoms with E-state index < -0.39 is 6.09 Å². The Hall–Kier alpha value is -3.52. The zero-order valence-corrected chi connectivity index (χ0v) is 14.6. The van der Waals surface area contributed by atoms with Crippen LogP contribution in [0.1, 0.15) is 36.4 Å². The fourth-order valence-electron chi connectivity index (χ4n) is 2.59. The SMILES string of the molecule is CCc1nn(CCNC(=O)O)c(CC)c1Oc1cc(C#N)cc(C#N)c1. The molecule has 0 unspecified atom stereocenters. The van der Waals surface area contributed by atoms with Gasteiger partial charge in [-0.1, -0.05) is 13.8 Å². The summed E-state index contributed by atoms with van der Waals surface area (Å²) >= 11 is 0. The van der Waals surface area contributed by atoms with Crippen molar-refractivity contribution >= 4 is 6.09 Å². The maximum Gasteiger partial charge on any atom is 0.404 e. The lowest BCUT2D eigenvalue weighted by molar-refractivity contribution is 0.194. The zero-order chi connectivity index (χ0) is 19.1. The number of amides is 1. The van der Waals surface area contributed by atoms with Crippen LogP contribution in [-0.2, 0) is 19.4 Å². The minimum absolute atomic E-state index is 0.231. The molecule has 1 aromatic heterocycles. The van der Waals surface area contributed by atoms with Gasteiger partial charge in [-0.3, -0.25) is 4.68 Å². The molecule has 1 aromatic carbocycles. The topological polar surface area (TPSA) is 124 Å². The summed E-state index contributed by atoms with van der Waals surface area (Å²) in [5, 5.41) is 33.7. The highest BCUT2D eigenvalue weighted by atomic mass is 16.5. The van der Waals surface area contributed by atoms with E-state index in [4.69, 9.17) is 20.4 Å². The van der Waals surface area contributed by atoms with Gasteiger partial charge in [0.05, 0.1) is 35.5 Å². The summed E-state index contributed by atoms with van der Waals surface area (Å²) in [7, 11) is 0. The maximum absolute atomic E-state index is 10.6. The molecule has 0 saturated heterocycles. The first-order chi connectivity index (χ1) is 12.5. The monoisotopic (exact) mass is 353 g/mol. The number of benzene rings is 1. The van der Waals surface area contributed by atoms with Crippen molar-refractivity contribution in [1.29, 1.82) is 10.5 Å². The number of nitrogens with zero attached hydrogens (tertiary/aromatic N) is 4. The zero-order valence-electron chi connectivity index (χ0n) is 14.6.